The van der Waals surface area contributed by atoms with Gasteiger partial charge in [0.05, 0.1) is 18.8 Å². The molecule has 0 bridgehead atoms. The number of hydrazone groups is 1. The molecule has 1 saturated carbocycles. The van der Waals surface area contributed by atoms with Gasteiger partial charge in [-0.1, -0.05) is 31.3 Å². The SMILES string of the molecule is CCN(C)CCn1c2c3c4c(cccc41)C(=S)NN=C3CN(N(C)C1CC1)C2. The number of hydrazine groups is 1. The van der Waals surface area contributed by atoms with Crippen LogP contribution in [0.5, 0.6) is 0 Å². The zero-order chi connectivity index (χ0) is 19.4. The van der Waals surface area contributed by atoms with Gasteiger partial charge in [0, 0.05) is 53.9 Å². The number of hydrogen-bond donors (Lipinski definition) is 1. The molecule has 1 aromatic heterocycles. The van der Waals surface area contributed by atoms with E-state index < -0.39 is 0 Å². The summed E-state index contributed by atoms with van der Waals surface area (Å²) in [5, 5.41) is 10.9. The lowest BCUT2D eigenvalue weighted by Gasteiger charge is -2.36. The fourth-order valence-corrected chi connectivity index (χ4v) is 4.67. The molecule has 0 unspecified atom stereocenters. The molecule has 0 amide bonds. The van der Waals surface area contributed by atoms with Gasteiger partial charge in [0.2, 0.25) is 0 Å². The van der Waals surface area contributed by atoms with E-state index >= 15 is 0 Å². The summed E-state index contributed by atoms with van der Waals surface area (Å²) in [7, 11) is 4.41. The van der Waals surface area contributed by atoms with Crippen molar-refractivity contribution in [3.63, 3.8) is 0 Å². The summed E-state index contributed by atoms with van der Waals surface area (Å²) >= 11 is 5.65. The molecular weight excluding hydrogens is 368 g/mol. The van der Waals surface area contributed by atoms with E-state index in [9.17, 15) is 0 Å². The van der Waals surface area contributed by atoms with E-state index in [1.165, 1.54) is 35.0 Å². The first-order valence-corrected chi connectivity index (χ1v) is 10.7. The van der Waals surface area contributed by atoms with Crippen LogP contribution in [-0.2, 0) is 13.1 Å². The number of nitrogens with one attached hydrogen (secondary N) is 1. The minimum absolute atomic E-state index is 0.682. The molecule has 6 nitrogen and oxygen atoms in total. The van der Waals surface area contributed by atoms with E-state index in [4.69, 9.17) is 17.3 Å². The van der Waals surface area contributed by atoms with Gasteiger partial charge < -0.3 is 9.47 Å². The molecule has 1 aliphatic carbocycles. The van der Waals surface area contributed by atoms with Crippen molar-refractivity contribution in [2.75, 3.05) is 33.7 Å². The third-order valence-corrected chi connectivity index (χ3v) is 6.77. The summed E-state index contributed by atoms with van der Waals surface area (Å²) in [6.45, 7) is 7.04. The minimum Gasteiger partial charge on any atom is -0.341 e. The number of hydrogen-bond acceptors (Lipinski definition) is 5. The molecule has 3 heterocycles. The number of aromatic nitrogens is 1. The number of rotatable bonds is 6. The van der Waals surface area contributed by atoms with E-state index in [1.807, 2.05) is 0 Å². The normalized spacial score (nSPS) is 19.3. The van der Waals surface area contributed by atoms with Crippen LogP contribution in [0, 0.1) is 0 Å². The molecule has 1 N–H and O–H groups in total. The monoisotopic (exact) mass is 396 g/mol. The van der Waals surface area contributed by atoms with Crippen molar-refractivity contribution >= 4 is 33.8 Å². The maximum Gasteiger partial charge on any atom is 0.127 e. The lowest BCUT2D eigenvalue weighted by atomic mass is 9.99. The summed E-state index contributed by atoms with van der Waals surface area (Å²) in [5.41, 5.74) is 9.30. The van der Waals surface area contributed by atoms with Gasteiger partial charge in [0.15, 0.2) is 0 Å². The predicted molar refractivity (Wildman–Crippen MR) is 118 cm³/mol. The standard InChI is InChI=1S/C21H28N6S/c1-4-24(2)10-11-27-17-7-5-6-15-19(17)20-16(22-23-21(15)28)12-26(13-18(20)27)25(3)14-8-9-14/h5-7,14H,4,8-13H2,1-3H3,(H,23,28). The van der Waals surface area contributed by atoms with Crippen molar-refractivity contribution in [2.24, 2.45) is 5.10 Å². The Bertz CT molecular complexity index is 973. The Morgan fingerprint density at radius 1 is 1.25 bits per heavy atom. The molecule has 0 spiro atoms. The van der Waals surface area contributed by atoms with Crippen molar-refractivity contribution in [2.45, 2.75) is 38.9 Å². The molecular formula is C21H28N6S. The highest BCUT2D eigenvalue weighted by molar-refractivity contribution is 7.80. The van der Waals surface area contributed by atoms with E-state index in [-0.39, 0.29) is 0 Å². The maximum absolute atomic E-state index is 5.65. The Kier molecular flexibility index (Phi) is 4.50. The van der Waals surface area contributed by atoms with Gasteiger partial charge in [0.25, 0.3) is 0 Å². The van der Waals surface area contributed by atoms with Crippen LogP contribution in [0.3, 0.4) is 0 Å². The molecule has 1 fully saturated rings. The second-order valence-corrected chi connectivity index (χ2v) is 8.60. The van der Waals surface area contributed by atoms with Crippen LogP contribution in [0.25, 0.3) is 10.9 Å². The average Bonchev–Trinajstić information content (AvgIpc) is 3.52. The molecule has 7 heteroatoms. The molecule has 1 aromatic carbocycles. The molecule has 2 aromatic rings. The highest BCUT2D eigenvalue weighted by Crippen LogP contribution is 2.36. The smallest absolute Gasteiger partial charge is 0.127 e. The lowest BCUT2D eigenvalue weighted by Crippen LogP contribution is -2.47. The van der Waals surface area contributed by atoms with Crippen molar-refractivity contribution in [3.8, 4) is 0 Å². The highest BCUT2D eigenvalue weighted by atomic mass is 32.1. The number of thiocarbonyl (C=S) groups is 1. The predicted octanol–water partition coefficient (Wildman–Crippen LogP) is 2.40. The molecule has 0 saturated heterocycles. The van der Waals surface area contributed by atoms with Crippen LogP contribution < -0.4 is 5.43 Å². The first-order chi connectivity index (χ1) is 13.6. The second kappa shape index (κ2) is 6.91. The number of nitrogens with zero attached hydrogens (tertiary/aromatic N) is 5. The molecule has 148 valence electrons. The fraction of sp³-hybridized carbons (Fsp3) is 0.524. The van der Waals surface area contributed by atoms with Crippen molar-refractivity contribution in [3.05, 3.63) is 35.0 Å². The van der Waals surface area contributed by atoms with Gasteiger partial charge in [-0.15, -0.1) is 0 Å². The summed E-state index contributed by atoms with van der Waals surface area (Å²) < 4.78 is 2.51. The van der Waals surface area contributed by atoms with E-state index in [0.717, 1.165) is 49.0 Å². The quantitative estimate of drug-likeness (QED) is 0.759. The van der Waals surface area contributed by atoms with Gasteiger partial charge >= 0.3 is 0 Å². The summed E-state index contributed by atoms with van der Waals surface area (Å²) in [5.74, 6) is 0. The molecule has 5 rings (SSSR count). The van der Waals surface area contributed by atoms with Gasteiger partial charge in [0.1, 0.15) is 4.99 Å². The summed E-state index contributed by atoms with van der Waals surface area (Å²) in [4.78, 5) is 3.09. The van der Waals surface area contributed by atoms with Gasteiger partial charge in [-0.25, -0.2) is 10.0 Å². The van der Waals surface area contributed by atoms with Gasteiger partial charge in [-0.2, -0.15) is 5.10 Å². The average molecular weight is 397 g/mol. The first kappa shape index (κ1) is 18.2. The van der Waals surface area contributed by atoms with Crippen molar-refractivity contribution in [1.29, 1.82) is 0 Å². The van der Waals surface area contributed by atoms with E-state index in [2.05, 4.69) is 64.1 Å². The molecule has 0 radical (unpaired) electrons. The Balaban J connectivity index is 1.66. The zero-order valence-electron chi connectivity index (χ0n) is 16.9. The Morgan fingerprint density at radius 2 is 2.07 bits per heavy atom. The number of likely N-dealkylation sites (N-methyl/N-ethyl adjacent to an activating group) is 1. The minimum atomic E-state index is 0.682. The fourth-order valence-electron chi connectivity index (χ4n) is 4.45. The highest BCUT2D eigenvalue weighted by Gasteiger charge is 2.37. The molecule has 3 aliphatic rings. The first-order valence-electron chi connectivity index (χ1n) is 10.3. The molecule has 28 heavy (non-hydrogen) atoms. The largest absolute Gasteiger partial charge is 0.341 e. The Labute approximate surface area is 171 Å². The van der Waals surface area contributed by atoms with Crippen LogP contribution in [0.15, 0.2) is 23.3 Å². The van der Waals surface area contributed by atoms with Crippen LogP contribution in [0.4, 0.5) is 0 Å². The molecule has 2 aliphatic heterocycles. The van der Waals surface area contributed by atoms with Crippen molar-refractivity contribution in [1.82, 2.24) is 24.9 Å². The van der Waals surface area contributed by atoms with Gasteiger partial charge in [-0.3, -0.25) is 5.43 Å². The van der Waals surface area contributed by atoms with E-state index in [0.29, 0.717) is 6.04 Å². The van der Waals surface area contributed by atoms with Crippen LogP contribution in [-0.4, -0.2) is 70.0 Å². The maximum atomic E-state index is 5.65. The number of benzene rings is 1. The van der Waals surface area contributed by atoms with Crippen LogP contribution in [0.2, 0.25) is 0 Å². The Morgan fingerprint density at radius 3 is 2.82 bits per heavy atom. The Hall–Kier alpha value is -1.80. The van der Waals surface area contributed by atoms with E-state index in [1.54, 1.807) is 0 Å². The van der Waals surface area contributed by atoms with Crippen molar-refractivity contribution < 1.29 is 0 Å². The summed E-state index contributed by atoms with van der Waals surface area (Å²) in [6, 6.07) is 7.17. The third-order valence-electron chi connectivity index (χ3n) is 6.45. The summed E-state index contributed by atoms with van der Waals surface area (Å²) in [6.07, 6.45) is 2.59. The van der Waals surface area contributed by atoms with Crippen LogP contribution in [0.1, 0.15) is 36.6 Å². The lowest BCUT2D eigenvalue weighted by molar-refractivity contribution is -0.00558. The second-order valence-electron chi connectivity index (χ2n) is 8.20. The third kappa shape index (κ3) is 2.88. The van der Waals surface area contributed by atoms with Crippen LogP contribution >= 0.6 is 12.2 Å². The van der Waals surface area contributed by atoms with Gasteiger partial charge in [-0.05, 0) is 32.5 Å². The topological polar surface area (TPSA) is 39.0 Å². The zero-order valence-corrected chi connectivity index (χ0v) is 17.7. The molecule has 0 atom stereocenters.